The molecule has 0 heterocycles. The summed E-state index contributed by atoms with van der Waals surface area (Å²) in [6.07, 6.45) is 10.00. The van der Waals surface area contributed by atoms with Gasteiger partial charge in [-0.3, -0.25) is 0 Å². The van der Waals surface area contributed by atoms with Gasteiger partial charge in [0.25, 0.3) is 0 Å². The molecule has 2 aliphatic carbocycles. The van der Waals surface area contributed by atoms with Crippen LogP contribution < -0.4 is 11.1 Å². The second-order valence-corrected chi connectivity index (χ2v) is 6.36. The van der Waals surface area contributed by atoms with Crippen LogP contribution in [-0.2, 0) is 0 Å². The van der Waals surface area contributed by atoms with E-state index in [9.17, 15) is 5.11 Å². The molecule has 2 saturated carbocycles. The monoisotopic (exact) mass is 254 g/mol. The SMILES string of the molecule is CCCC(CN)(NC1CCCCC1CO)C1CC1. The first-order chi connectivity index (χ1) is 8.75. The van der Waals surface area contributed by atoms with E-state index in [4.69, 9.17) is 5.73 Å². The van der Waals surface area contributed by atoms with Gasteiger partial charge in [-0.25, -0.2) is 0 Å². The summed E-state index contributed by atoms with van der Waals surface area (Å²) in [6.45, 7) is 3.33. The maximum absolute atomic E-state index is 9.54. The number of aliphatic hydroxyl groups excluding tert-OH is 1. The highest BCUT2D eigenvalue weighted by molar-refractivity contribution is 5.04. The fraction of sp³-hybridized carbons (Fsp3) is 1.00. The van der Waals surface area contributed by atoms with E-state index in [0.29, 0.717) is 18.6 Å². The van der Waals surface area contributed by atoms with E-state index >= 15 is 0 Å². The van der Waals surface area contributed by atoms with Crippen molar-refractivity contribution >= 4 is 0 Å². The second-order valence-electron chi connectivity index (χ2n) is 6.36. The van der Waals surface area contributed by atoms with Gasteiger partial charge in [0.05, 0.1) is 0 Å². The minimum absolute atomic E-state index is 0.157. The van der Waals surface area contributed by atoms with Crippen molar-refractivity contribution in [2.75, 3.05) is 13.2 Å². The van der Waals surface area contributed by atoms with Crippen LogP contribution >= 0.6 is 0 Å². The molecule has 3 atom stereocenters. The Kier molecular flexibility index (Phi) is 5.05. The van der Waals surface area contributed by atoms with Gasteiger partial charge in [0.2, 0.25) is 0 Å². The predicted molar refractivity (Wildman–Crippen MR) is 75.4 cm³/mol. The number of hydrogen-bond donors (Lipinski definition) is 3. The van der Waals surface area contributed by atoms with Crippen molar-refractivity contribution in [1.82, 2.24) is 5.32 Å². The molecular formula is C15H30N2O. The first-order valence-corrected chi connectivity index (χ1v) is 7.84. The lowest BCUT2D eigenvalue weighted by atomic mass is 9.80. The van der Waals surface area contributed by atoms with Gasteiger partial charge < -0.3 is 16.2 Å². The molecule has 2 aliphatic rings. The molecule has 0 aromatic heterocycles. The smallest absolute Gasteiger partial charge is 0.0474 e. The zero-order chi connectivity index (χ0) is 13.0. The summed E-state index contributed by atoms with van der Waals surface area (Å²) in [5.41, 5.74) is 6.27. The van der Waals surface area contributed by atoms with Crippen LogP contribution in [0.2, 0.25) is 0 Å². The van der Waals surface area contributed by atoms with Crippen molar-refractivity contribution in [2.45, 2.75) is 69.9 Å². The quantitative estimate of drug-likeness (QED) is 0.651. The lowest BCUT2D eigenvalue weighted by Crippen LogP contribution is -2.59. The Hall–Kier alpha value is -0.120. The highest BCUT2D eigenvalue weighted by Gasteiger charge is 2.45. The lowest BCUT2D eigenvalue weighted by molar-refractivity contribution is 0.116. The maximum Gasteiger partial charge on any atom is 0.0474 e. The van der Waals surface area contributed by atoms with Crippen molar-refractivity contribution in [3.63, 3.8) is 0 Å². The third kappa shape index (κ3) is 3.06. The largest absolute Gasteiger partial charge is 0.396 e. The van der Waals surface area contributed by atoms with Crippen LogP contribution in [0.15, 0.2) is 0 Å². The molecular weight excluding hydrogens is 224 g/mol. The number of nitrogens with two attached hydrogens (primary N) is 1. The minimum atomic E-state index is 0.157. The van der Waals surface area contributed by atoms with E-state index in [-0.39, 0.29) is 5.54 Å². The summed E-state index contributed by atoms with van der Waals surface area (Å²) < 4.78 is 0. The van der Waals surface area contributed by atoms with Gasteiger partial charge in [-0.1, -0.05) is 26.2 Å². The third-order valence-corrected chi connectivity index (χ3v) is 5.04. The number of rotatable bonds is 7. The molecule has 0 aromatic carbocycles. The standard InChI is InChI=1S/C15H30N2O/c1-2-9-15(11-16,13-7-8-13)17-14-6-4-3-5-12(14)10-18/h12-14,17-18H,2-11,16H2,1H3. The van der Waals surface area contributed by atoms with Crippen LogP contribution in [0, 0.1) is 11.8 Å². The zero-order valence-corrected chi connectivity index (χ0v) is 11.8. The van der Waals surface area contributed by atoms with Gasteiger partial charge in [-0.2, -0.15) is 0 Å². The van der Waals surface area contributed by atoms with E-state index < -0.39 is 0 Å². The van der Waals surface area contributed by atoms with E-state index in [1.54, 1.807) is 0 Å². The molecule has 4 N–H and O–H groups in total. The van der Waals surface area contributed by atoms with Gasteiger partial charge >= 0.3 is 0 Å². The first kappa shape index (κ1) is 14.3. The van der Waals surface area contributed by atoms with Crippen molar-refractivity contribution in [2.24, 2.45) is 17.6 Å². The van der Waals surface area contributed by atoms with Gasteiger partial charge in [-0.15, -0.1) is 0 Å². The van der Waals surface area contributed by atoms with Crippen LogP contribution in [-0.4, -0.2) is 29.8 Å². The van der Waals surface area contributed by atoms with E-state index in [1.807, 2.05) is 0 Å². The van der Waals surface area contributed by atoms with Crippen LogP contribution in [0.25, 0.3) is 0 Å². The molecule has 0 saturated heterocycles. The van der Waals surface area contributed by atoms with Crippen molar-refractivity contribution in [3.8, 4) is 0 Å². The van der Waals surface area contributed by atoms with Crippen LogP contribution in [0.3, 0.4) is 0 Å². The topological polar surface area (TPSA) is 58.3 Å². The van der Waals surface area contributed by atoms with Crippen molar-refractivity contribution in [1.29, 1.82) is 0 Å². The molecule has 0 aromatic rings. The summed E-state index contributed by atoms with van der Waals surface area (Å²) in [7, 11) is 0. The van der Waals surface area contributed by atoms with Crippen LogP contribution in [0.5, 0.6) is 0 Å². The van der Waals surface area contributed by atoms with Crippen LogP contribution in [0.1, 0.15) is 58.3 Å². The average Bonchev–Trinajstić information content (AvgIpc) is 3.23. The van der Waals surface area contributed by atoms with Gasteiger partial charge in [-0.05, 0) is 43.9 Å². The summed E-state index contributed by atoms with van der Waals surface area (Å²) in [5.74, 6) is 1.23. The molecule has 3 nitrogen and oxygen atoms in total. The molecule has 3 heteroatoms. The van der Waals surface area contributed by atoms with E-state index in [0.717, 1.165) is 12.5 Å². The summed E-state index contributed by atoms with van der Waals surface area (Å²) in [5, 5.41) is 13.4. The van der Waals surface area contributed by atoms with Crippen molar-refractivity contribution in [3.05, 3.63) is 0 Å². The summed E-state index contributed by atoms with van der Waals surface area (Å²) in [4.78, 5) is 0. The Morgan fingerprint density at radius 1 is 1.22 bits per heavy atom. The summed E-state index contributed by atoms with van der Waals surface area (Å²) in [6, 6.07) is 0.486. The molecule has 0 spiro atoms. The molecule has 2 fully saturated rings. The predicted octanol–water partition coefficient (Wildman–Crippen LogP) is 2.03. The molecule has 3 unspecified atom stereocenters. The first-order valence-electron chi connectivity index (χ1n) is 7.84. The third-order valence-electron chi connectivity index (χ3n) is 5.04. The number of nitrogens with one attached hydrogen (secondary N) is 1. The Morgan fingerprint density at radius 2 is 1.94 bits per heavy atom. The second kappa shape index (κ2) is 6.36. The molecule has 0 aliphatic heterocycles. The lowest BCUT2D eigenvalue weighted by Gasteiger charge is -2.42. The fourth-order valence-corrected chi connectivity index (χ4v) is 3.79. The fourth-order valence-electron chi connectivity index (χ4n) is 3.79. The molecule has 0 bridgehead atoms. The highest BCUT2D eigenvalue weighted by Crippen LogP contribution is 2.43. The Balaban J connectivity index is 2.02. The van der Waals surface area contributed by atoms with E-state index in [1.165, 1.54) is 51.4 Å². The maximum atomic E-state index is 9.54. The molecule has 0 amide bonds. The van der Waals surface area contributed by atoms with Gasteiger partial charge in [0, 0.05) is 24.7 Å². The highest BCUT2D eigenvalue weighted by atomic mass is 16.3. The number of aliphatic hydroxyl groups is 1. The normalized spacial score (nSPS) is 32.2. The molecule has 2 rings (SSSR count). The van der Waals surface area contributed by atoms with Gasteiger partial charge in [0.15, 0.2) is 0 Å². The minimum Gasteiger partial charge on any atom is -0.396 e. The Labute approximate surface area is 112 Å². The van der Waals surface area contributed by atoms with Crippen molar-refractivity contribution < 1.29 is 5.11 Å². The zero-order valence-electron chi connectivity index (χ0n) is 11.8. The molecule has 106 valence electrons. The molecule has 18 heavy (non-hydrogen) atoms. The average molecular weight is 254 g/mol. The molecule has 0 radical (unpaired) electrons. The summed E-state index contributed by atoms with van der Waals surface area (Å²) >= 11 is 0. The van der Waals surface area contributed by atoms with Crippen LogP contribution in [0.4, 0.5) is 0 Å². The Bertz CT molecular complexity index is 255. The Morgan fingerprint density at radius 3 is 2.50 bits per heavy atom. The van der Waals surface area contributed by atoms with Gasteiger partial charge in [0.1, 0.15) is 0 Å². The van der Waals surface area contributed by atoms with E-state index in [2.05, 4.69) is 12.2 Å². The number of hydrogen-bond acceptors (Lipinski definition) is 3.